The topological polar surface area (TPSA) is 91.3 Å². The van der Waals surface area contributed by atoms with Crippen LogP contribution in [0, 0.1) is 0 Å². The van der Waals surface area contributed by atoms with E-state index in [1.54, 1.807) is 6.92 Å². The zero-order valence-corrected chi connectivity index (χ0v) is 22.0. The van der Waals surface area contributed by atoms with Gasteiger partial charge in [-0.05, 0) is 48.9 Å². The van der Waals surface area contributed by atoms with Crippen LogP contribution in [0.2, 0.25) is 0 Å². The van der Waals surface area contributed by atoms with E-state index in [9.17, 15) is 9.90 Å². The van der Waals surface area contributed by atoms with E-state index < -0.39 is 12.1 Å². The largest absolute Gasteiger partial charge is 0.492 e. The van der Waals surface area contributed by atoms with E-state index in [0.717, 1.165) is 35.8 Å². The number of aliphatic carboxylic acids is 1. The first-order valence-electron chi connectivity index (χ1n) is 12.5. The average Bonchev–Trinajstić information content (AvgIpc) is 2.93. The van der Waals surface area contributed by atoms with E-state index in [1.165, 1.54) is 10.6 Å². The SMILES string of the molecule is CCOC(Cc1ccc(OCCN2CCSc3ccccc32)cc1)C(=O)O.OCCNc1ccccc1. The summed E-state index contributed by atoms with van der Waals surface area (Å²) in [6.45, 7) is 5.44. The molecule has 1 unspecified atom stereocenters. The van der Waals surface area contributed by atoms with E-state index in [0.29, 0.717) is 26.2 Å². The molecule has 3 aromatic rings. The fourth-order valence-electron chi connectivity index (χ4n) is 3.84. The summed E-state index contributed by atoms with van der Waals surface area (Å²) < 4.78 is 11.1. The van der Waals surface area contributed by atoms with Gasteiger partial charge in [-0.25, -0.2) is 4.79 Å². The van der Waals surface area contributed by atoms with Crippen LogP contribution in [-0.2, 0) is 16.0 Å². The van der Waals surface area contributed by atoms with Crippen molar-refractivity contribution < 1.29 is 24.5 Å². The standard InChI is InChI=1S/C21H25NO4S.C8H11NO/c1-2-25-19(21(23)24)15-16-7-9-17(10-8-16)26-13-11-22-12-14-27-20-6-4-3-5-18(20)22;10-7-6-9-8-4-2-1-3-5-8/h3-10,19H,2,11-15H2,1H3,(H,23,24);1-5,9-10H,6-7H2. The third kappa shape index (κ3) is 9.64. The molecule has 0 saturated heterocycles. The molecule has 1 aliphatic rings. The molecule has 1 atom stereocenters. The van der Waals surface area contributed by atoms with Gasteiger partial charge < -0.3 is 29.9 Å². The molecule has 4 rings (SSSR count). The van der Waals surface area contributed by atoms with E-state index >= 15 is 0 Å². The van der Waals surface area contributed by atoms with Gasteiger partial charge in [0.2, 0.25) is 0 Å². The van der Waals surface area contributed by atoms with Crippen molar-refractivity contribution in [3.63, 3.8) is 0 Å². The minimum atomic E-state index is -0.933. The van der Waals surface area contributed by atoms with Crippen LogP contribution in [0.1, 0.15) is 12.5 Å². The number of hydrogen-bond donors (Lipinski definition) is 3. The van der Waals surface area contributed by atoms with Gasteiger partial charge in [0.1, 0.15) is 12.4 Å². The highest BCUT2D eigenvalue weighted by molar-refractivity contribution is 7.99. The Labute approximate surface area is 223 Å². The molecule has 198 valence electrons. The minimum absolute atomic E-state index is 0.175. The first-order valence-corrected chi connectivity index (χ1v) is 13.5. The number of rotatable bonds is 12. The van der Waals surface area contributed by atoms with Crippen LogP contribution in [0.4, 0.5) is 11.4 Å². The summed E-state index contributed by atoms with van der Waals surface area (Å²) in [4.78, 5) is 14.9. The summed E-state index contributed by atoms with van der Waals surface area (Å²) in [7, 11) is 0. The van der Waals surface area contributed by atoms with Crippen molar-refractivity contribution in [1.82, 2.24) is 0 Å². The molecule has 0 saturated carbocycles. The molecule has 0 radical (unpaired) electrons. The van der Waals surface area contributed by atoms with Crippen molar-refractivity contribution in [3.8, 4) is 5.75 Å². The van der Waals surface area contributed by atoms with Crippen molar-refractivity contribution in [2.45, 2.75) is 24.3 Å². The molecule has 3 aromatic carbocycles. The van der Waals surface area contributed by atoms with Crippen LogP contribution in [0.5, 0.6) is 5.75 Å². The zero-order valence-electron chi connectivity index (χ0n) is 21.2. The molecular formula is C29H36N2O5S. The monoisotopic (exact) mass is 524 g/mol. The second-order valence-electron chi connectivity index (χ2n) is 8.30. The molecule has 1 heterocycles. The Bertz CT molecular complexity index is 1070. The lowest BCUT2D eigenvalue weighted by atomic mass is 10.1. The number of carboxylic acid groups (broad SMARTS) is 1. The predicted octanol–water partition coefficient (Wildman–Crippen LogP) is 4.80. The molecule has 1 aliphatic heterocycles. The lowest BCUT2D eigenvalue weighted by Crippen LogP contribution is -2.33. The maximum Gasteiger partial charge on any atom is 0.333 e. The summed E-state index contributed by atoms with van der Waals surface area (Å²) in [6, 6.07) is 25.9. The Morgan fingerprint density at radius 2 is 1.78 bits per heavy atom. The van der Waals surface area contributed by atoms with E-state index in [2.05, 4.69) is 34.5 Å². The predicted molar refractivity (Wildman–Crippen MR) is 150 cm³/mol. The molecule has 0 fully saturated rings. The number of aliphatic hydroxyl groups is 1. The number of para-hydroxylation sites is 2. The van der Waals surface area contributed by atoms with Crippen LogP contribution in [0.25, 0.3) is 0 Å². The molecule has 0 bridgehead atoms. The first kappa shape index (κ1) is 28.4. The average molecular weight is 525 g/mol. The summed E-state index contributed by atoms with van der Waals surface area (Å²) in [6.07, 6.45) is -0.454. The Balaban J connectivity index is 0.000000319. The highest BCUT2D eigenvalue weighted by Gasteiger charge is 2.18. The Hall–Kier alpha value is -3.20. The molecule has 7 nitrogen and oxygen atoms in total. The van der Waals surface area contributed by atoms with Gasteiger partial charge >= 0.3 is 5.97 Å². The lowest BCUT2D eigenvalue weighted by molar-refractivity contribution is -0.149. The highest BCUT2D eigenvalue weighted by atomic mass is 32.2. The van der Waals surface area contributed by atoms with Crippen LogP contribution in [-0.4, -0.2) is 67.5 Å². The number of nitrogens with one attached hydrogen (secondary N) is 1. The number of benzene rings is 3. The van der Waals surface area contributed by atoms with Crippen molar-refractivity contribution >= 4 is 29.1 Å². The maximum absolute atomic E-state index is 11.2. The fraction of sp³-hybridized carbons (Fsp3) is 0.345. The van der Waals surface area contributed by atoms with Gasteiger partial charge in [-0.15, -0.1) is 11.8 Å². The number of carbonyl (C=O) groups is 1. The molecule has 8 heteroatoms. The van der Waals surface area contributed by atoms with Gasteiger partial charge in [0.25, 0.3) is 0 Å². The highest BCUT2D eigenvalue weighted by Crippen LogP contribution is 2.34. The number of nitrogens with zero attached hydrogens (tertiary/aromatic N) is 1. The van der Waals surface area contributed by atoms with Crippen molar-refractivity contribution in [2.24, 2.45) is 0 Å². The molecule has 37 heavy (non-hydrogen) atoms. The number of thioether (sulfide) groups is 1. The van der Waals surface area contributed by atoms with Crippen LogP contribution in [0.15, 0.2) is 83.8 Å². The molecule has 0 aromatic heterocycles. The smallest absolute Gasteiger partial charge is 0.333 e. The second kappa shape index (κ2) is 15.8. The third-order valence-corrected chi connectivity index (χ3v) is 6.70. The molecule has 0 spiro atoms. The molecular weight excluding hydrogens is 488 g/mol. The summed E-state index contributed by atoms with van der Waals surface area (Å²) in [5, 5.41) is 20.7. The second-order valence-corrected chi connectivity index (χ2v) is 9.44. The number of aliphatic hydroxyl groups excluding tert-OH is 1. The third-order valence-electron chi connectivity index (χ3n) is 5.66. The van der Waals surface area contributed by atoms with E-state index in [-0.39, 0.29) is 6.61 Å². The van der Waals surface area contributed by atoms with Crippen molar-refractivity contribution in [2.75, 3.05) is 55.4 Å². The fourth-order valence-corrected chi connectivity index (χ4v) is 4.89. The number of hydrogen-bond acceptors (Lipinski definition) is 7. The van der Waals surface area contributed by atoms with Gasteiger partial charge in [-0.3, -0.25) is 0 Å². The zero-order chi connectivity index (χ0) is 26.3. The summed E-state index contributed by atoms with van der Waals surface area (Å²) in [5.41, 5.74) is 3.25. The van der Waals surface area contributed by atoms with E-state index in [1.807, 2.05) is 66.4 Å². The normalized spacial score (nSPS) is 13.1. The van der Waals surface area contributed by atoms with Gasteiger partial charge in [0, 0.05) is 42.5 Å². The Kier molecular flexibility index (Phi) is 12.1. The Morgan fingerprint density at radius 3 is 2.49 bits per heavy atom. The van der Waals surface area contributed by atoms with E-state index in [4.69, 9.17) is 14.6 Å². The summed E-state index contributed by atoms with van der Waals surface area (Å²) in [5.74, 6) is 0.954. The number of carboxylic acids is 1. The lowest BCUT2D eigenvalue weighted by Gasteiger charge is -2.30. The Morgan fingerprint density at radius 1 is 1.05 bits per heavy atom. The van der Waals surface area contributed by atoms with Crippen molar-refractivity contribution in [3.05, 3.63) is 84.4 Å². The molecule has 3 N–H and O–H groups in total. The minimum Gasteiger partial charge on any atom is -0.492 e. The van der Waals surface area contributed by atoms with Gasteiger partial charge in [-0.1, -0.05) is 42.5 Å². The summed E-state index contributed by atoms with van der Waals surface area (Å²) >= 11 is 1.90. The number of ether oxygens (including phenoxy) is 2. The first-order chi connectivity index (χ1) is 18.1. The van der Waals surface area contributed by atoms with Crippen LogP contribution < -0.4 is 15.0 Å². The molecule has 0 amide bonds. The number of fused-ring (bicyclic) bond motifs is 1. The maximum atomic E-state index is 11.2. The molecule has 0 aliphatic carbocycles. The van der Waals surface area contributed by atoms with Crippen LogP contribution in [0.3, 0.4) is 0 Å². The van der Waals surface area contributed by atoms with Gasteiger partial charge in [0.05, 0.1) is 18.8 Å². The van der Waals surface area contributed by atoms with Gasteiger partial charge in [0.15, 0.2) is 6.10 Å². The van der Waals surface area contributed by atoms with Crippen LogP contribution >= 0.6 is 11.8 Å². The van der Waals surface area contributed by atoms with Gasteiger partial charge in [-0.2, -0.15) is 0 Å². The quantitative estimate of drug-likeness (QED) is 0.311. The number of anilines is 2. The van der Waals surface area contributed by atoms with Crippen molar-refractivity contribution in [1.29, 1.82) is 0 Å².